The molecule has 1 aliphatic heterocycles. The summed E-state index contributed by atoms with van der Waals surface area (Å²) in [5, 5.41) is 5.75. The molecule has 0 saturated heterocycles. The predicted molar refractivity (Wildman–Crippen MR) is 33.0 cm³/mol. The summed E-state index contributed by atoms with van der Waals surface area (Å²) in [7, 11) is 0. The zero-order chi connectivity index (χ0) is 5.82. The highest BCUT2D eigenvalue weighted by molar-refractivity contribution is 7.78. The quantitative estimate of drug-likeness (QED) is 0.357. The zero-order valence-electron chi connectivity index (χ0n) is 4.13. The van der Waals surface area contributed by atoms with Crippen molar-refractivity contribution in [3.63, 3.8) is 0 Å². The number of nitrogens with zero attached hydrogens (tertiary/aromatic N) is 2. The lowest BCUT2D eigenvalue weighted by Crippen LogP contribution is -1.85. The van der Waals surface area contributed by atoms with Crippen LogP contribution in [0.4, 0.5) is 0 Å². The van der Waals surface area contributed by atoms with Crippen molar-refractivity contribution in [1.82, 2.24) is 0 Å². The maximum Gasteiger partial charge on any atom is 0.181 e. The van der Waals surface area contributed by atoms with Gasteiger partial charge < -0.3 is 4.84 Å². The van der Waals surface area contributed by atoms with Gasteiger partial charge in [-0.15, -0.1) is 0 Å². The Hall–Kier alpha value is -0.730. The highest BCUT2D eigenvalue weighted by atomic mass is 32.1. The topological polar surface area (TPSA) is 34.0 Å². The third kappa shape index (κ3) is 1.12. The third-order valence-electron chi connectivity index (χ3n) is 0.762. The first-order chi connectivity index (χ1) is 3.93. The van der Waals surface area contributed by atoms with Crippen LogP contribution in [-0.2, 0) is 4.84 Å². The molecule has 0 fully saturated rings. The third-order valence-corrected chi connectivity index (χ3v) is 0.853. The van der Waals surface area contributed by atoms with Crippen molar-refractivity contribution in [3.05, 3.63) is 0 Å². The minimum Gasteiger partial charge on any atom is -0.394 e. The molecule has 0 aromatic carbocycles. The predicted octanol–water partition coefficient (Wildman–Crippen LogP) is 0.823. The fourth-order valence-corrected chi connectivity index (χ4v) is 0.537. The van der Waals surface area contributed by atoms with Crippen LogP contribution in [0, 0.1) is 0 Å². The Bertz CT molecular complexity index is 159. The van der Waals surface area contributed by atoms with Crippen LogP contribution in [0.5, 0.6) is 0 Å². The summed E-state index contributed by atoms with van der Waals surface area (Å²) >= 11 is 4.34. The number of thiocarbonyl (C=S) groups is 1. The fourth-order valence-electron chi connectivity index (χ4n) is 0.432. The summed E-state index contributed by atoms with van der Waals surface area (Å²) in [5.41, 5.74) is 0. The number of amidine groups is 1. The van der Waals surface area contributed by atoms with Gasteiger partial charge in [0.1, 0.15) is 6.61 Å². The Balaban J connectivity index is 2.57. The Morgan fingerprint density at radius 3 is 3.25 bits per heavy atom. The first kappa shape index (κ1) is 5.41. The number of oxime groups is 1. The zero-order valence-corrected chi connectivity index (χ0v) is 4.94. The monoisotopic (exact) mass is 128 g/mol. The molecule has 0 spiro atoms. The van der Waals surface area contributed by atoms with E-state index in [-0.39, 0.29) is 0 Å². The van der Waals surface area contributed by atoms with E-state index >= 15 is 0 Å². The summed E-state index contributed by atoms with van der Waals surface area (Å²) in [6, 6.07) is 0. The highest BCUT2D eigenvalue weighted by Crippen LogP contribution is 1.98. The van der Waals surface area contributed by atoms with Gasteiger partial charge in [-0.3, -0.25) is 0 Å². The van der Waals surface area contributed by atoms with Gasteiger partial charge >= 0.3 is 0 Å². The molecule has 0 N–H and O–H groups in total. The van der Waals surface area contributed by atoms with E-state index in [1.54, 1.807) is 0 Å². The van der Waals surface area contributed by atoms with Gasteiger partial charge in [-0.1, -0.05) is 5.16 Å². The van der Waals surface area contributed by atoms with E-state index < -0.39 is 0 Å². The molecule has 0 radical (unpaired) electrons. The molecule has 42 valence electrons. The summed E-state index contributed by atoms with van der Waals surface area (Å²) < 4.78 is 0. The molecule has 1 rings (SSSR count). The Kier molecular flexibility index (Phi) is 1.72. The van der Waals surface area contributed by atoms with E-state index in [2.05, 4.69) is 32.4 Å². The molecule has 0 bridgehead atoms. The second kappa shape index (κ2) is 2.55. The van der Waals surface area contributed by atoms with Crippen LogP contribution in [0.25, 0.3) is 0 Å². The second-order valence-corrected chi connectivity index (χ2v) is 1.48. The van der Waals surface area contributed by atoms with Crippen LogP contribution in [0.3, 0.4) is 0 Å². The maximum atomic E-state index is 4.62. The van der Waals surface area contributed by atoms with Crippen LogP contribution >= 0.6 is 12.2 Å². The summed E-state index contributed by atoms with van der Waals surface area (Å²) in [4.78, 5) is 8.23. The molecule has 0 saturated carbocycles. The molecule has 3 nitrogen and oxygen atoms in total. The lowest BCUT2D eigenvalue weighted by molar-refractivity contribution is 0.173. The largest absolute Gasteiger partial charge is 0.394 e. The minimum atomic E-state index is 0.621. The van der Waals surface area contributed by atoms with Gasteiger partial charge in [0.15, 0.2) is 5.84 Å². The lowest BCUT2D eigenvalue weighted by Gasteiger charge is -1.75. The maximum absolute atomic E-state index is 4.62. The molecule has 0 aromatic heterocycles. The van der Waals surface area contributed by atoms with E-state index in [0.29, 0.717) is 12.4 Å². The molecule has 0 atom stereocenters. The minimum absolute atomic E-state index is 0.621. The standard InChI is InChI=1S/C4H4N2OS/c8-3-5-4-1-2-7-6-4/h1-2H2. The molecule has 8 heavy (non-hydrogen) atoms. The summed E-state index contributed by atoms with van der Waals surface area (Å²) in [6.07, 6.45) is 0.754. The van der Waals surface area contributed by atoms with Crippen molar-refractivity contribution in [2.75, 3.05) is 6.61 Å². The van der Waals surface area contributed by atoms with Gasteiger partial charge in [-0.25, -0.2) is 0 Å². The molecule has 0 unspecified atom stereocenters. The van der Waals surface area contributed by atoms with Gasteiger partial charge in [-0.2, -0.15) is 4.99 Å². The first-order valence-corrected chi connectivity index (χ1v) is 2.61. The van der Waals surface area contributed by atoms with Crippen LogP contribution in [0.1, 0.15) is 6.42 Å². The average Bonchev–Trinajstić information content (AvgIpc) is 2.19. The number of rotatable bonds is 0. The van der Waals surface area contributed by atoms with Crippen molar-refractivity contribution in [2.24, 2.45) is 10.1 Å². The molecule has 1 heterocycles. The molecule has 1 aliphatic rings. The van der Waals surface area contributed by atoms with Crippen molar-refractivity contribution < 1.29 is 4.84 Å². The van der Waals surface area contributed by atoms with Gasteiger partial charge in [0, 0.05) is 6.42 Å². The van der Waals surface area contributed by atoms with Crippen LogP contribution < -0.4 is 0 Å². The SMILES string of the molecule is S=C=NC1=NOCC1. The van der Waals surface area contributed by atoms with Gasteiger partial charge in [0.25, 0.3) is 0 Å². The number of hydrogen-bond acceptors (Lipinski definition) is 4. The van der Waals surface area contributed by atoms with Crippen LogP contribution in [0.15, 0.2) is 10.1 Å². The van der Waals surface area contributed by atoms with Gasteiger partial charge in [0.05, 0.1) is 5.16 Å². The molecule has 0 amide bonds. The summed E-state index contributed by atoms with van der Waals surface area (Å²) in [6.45, 7) is 0.621. The van der Waals surface area contributed by atoms with Crippen molar-refractivity contribution >= 4 is 23.2 Å². The molecular formula is C4H4N2OS. The van der Waals surface area contributed by atoms with E-state index in [9.17, 15) is 0 Å². The summed E-state index contributed by atoms with van der Waals surface area (Å²) in [5.74, 6) is 0.639. The van der Waals surface area contributed by atoms with Crippen molar-refractivity contribution in [3.8, 4) is 0 Å². The Morgan fingerprint density at radius 2 is 2.75 bits per heavy atom. The van der Waals surface area contributed by atoms with E-state index in [1.165, 1.54) is 0 Å². The molecule has 0 aromatic rings. The van der Waals surface area contributed by atoms with Crippen LogP contribution in [0.2, 0.25) is 0 Å². The highest BCUT2D eigenvalue weighted by Gasteiger charge is 2.03. The molecule has 4 heteroatoms. The fraction of sp³-hybridized carbons (Fsp3) is 0.500. The smallest absolute Gasteiger partial charge is 0.181 e. The van der Waals surface area contributed by atoms with Crippen molar-refractivity contribution in [2.45, 2.75) is 6.42 Å². The average molecular weight is 128 g/mol. The van der Waals surface area contributed by atoms with E-state index in [4.69, 9.17) is 0 Å². The second-order valence-electron chi connectivity index (χ2n) is 1.29. The number of isothiocyanates is 1. The lowest BCUT2D eigenvalue weighted by atomic mass is 10.4. The number of aliphatic imine (C=N–C) groups is 1. The Morgan fingerprint density at radius 1 is 1.88 bits per heavy atom. The molecule has 0 aliphatic carbocycles. The molecular weight excluding hydrogens is 124 g/mol. The number of hydrogen-bond donors (Lipinski definition) is 0. The van der Waals surface area contributed by atoms with E-state index in [1.807, 2.05) is 0 Å². The van der Waals surface area contributed by atoms with Crippen molar-refractivity contribution in [1.29, 1.82) is 0 Å². The van der Waals surface area contributed by atoms with Crippen LogP contribution in [-0.4, -0.2) is 17.6 Å². The van der Waals surface area contributed by atoms with Gasteiger partial charge in [-0.05, 0) is 12.2 Å². The van der Waals surface area contributed by atoms with E-state index in [0.717, 1.165) is 6.42 Å². The normalized spacial score (nSPS) is 16.2. The Labute approximate surface area is 52.0 Å². The first-order valence-electron chi connectivity index (χ1n) is 2.20. The van der Waals surface area contributed by atoms with Gasteiger partial charge in [0.2, 0.25) is 0 Å².